The Hall–Kier alpha value is -1.35. The zero-order valence-corrected chi connectivity index (χ0v) is 12.0. The first-order valence-electron chi connectivity index (χ1n) is 7.23. The van der Waals surface area contributed by atoms with Crippen LogP contribution in [-0.2, 0) is 4.79 Å². The number of para-hydroxylation sites is 1. The highest BCUT2D eigenvalue weighted by atomic mass is 16.1. The van der Waals surface area contributed by atoms with Gasteiger partial charge in [0.05, 0.1) is 0 Å². The molecule has 1 aliphatic heterocycles. The predicted octanol–water partition coefficient (Wildman–Crippen LogP) is 3.06. The number of nitrogens with zero attached hydrogens (tertiary/aromatic N) is 1. The van der Waals surface area contributed by atoms with E-state index in [9.17, 15) is 4.79 Å². The molecule has 1 atom stereocenters. The highest BCUT2D eigenvalue weighted by Crippen LogP contribution is 2.16. The molecular weight excluding hydrogens is 236 g/mol. The fourth-order valence-corrected chi connectivity index (χ4v) is 2.68. The van der Waals surface area contributed by atoms with Gasteiger partial charge in [-0.05, 0) is 43.9 Å². The summed E-state index contributed by atoms with van der Waals surface area (Å²) in [6, 6.07) is 7.91. The molecule has 0 unspecified atom stereocenters. The van der Waals surface area contributed by atoms with Gasteiger partial charge in [0.2, 0.25) is 5.91 Å². The summed E-state index contributed by atoms with van der Waals surface area (Å²) in [7, 11) is 0. The van der Waals surface area contributed by atoms with Crippen LogP contribution in [0.4, 0.5) is 5.69 Å². The molecule has 19 heavy (non-hydrogen) atoms. The lowest BCUT2D eigenvalue weighted by atomic mass is 10.0. The van der Waals surface area contributed by atoms with Crippen LogP contribution in [0.2, 0.25) is 0 Å². The van der Waals surface area contributed by atoms with E-state index in [4.69, 9.17) is 0 Å². The maximum Gasteiger partial charge on any atom is 0.225 e. The first kappa shape index (κ1) is 14.1. The average Bonchev–Trinajstić information content (AvgIpc) is 2.39. The summed E-state index contributed by atoms with van der Waals surface area (Å²) in [5, 5.41) is 3.00. The Morgan fingerprint density at radius 1 is 1.42 bits per heavy atom. The Labute approximate surface area is 116 Å². The Kier molecular flexibility index (Phi) is 4.97. The normalized spacial score (nSPS) is 20.2. The van der Waals surface area contributed by atoms with Crippen molar-refractivity contribution in [2.45, 2.75) is 33.1 Å². The lowest BCUT2D eigenvalue weighted by Gasteiger charge is -2.30. The van der Waals surface area contributed by atoms with Crippen molar-refractivity contribution in [2.75, 3.05) is 25.0 Å². The fourth-order valence-electron chi connectivity index (χ4n) is 2.68. The summed E-state index contributed by atoms with van der Waals surface area (Å²) in [5.74, 6) is 0.890. The third kappa shape index (κ3) is 4.35. The Bertz CT molecular complexity index is 431. The van der Waals surface area contributed by atoms with Crippen molar-refractivity contribution in [1.82, 2.24) is 4.90 Å². The summed E-state index contributed by atoms with van der Waals surface area (Å²) in [6.45, 7) is 7.46. The topological polar surface area (TPSA) is 32.3 Å². The Morgan fingerprint density at radius 3 is 2.95 bits per heavy atom. The predicted molar refractivity (Wildman–Crippen MR) is 79.3 cm³/mol. The standard InChI is InChI=1S/C16H24N2O/c1-13-6-5-10-18(12-13)11-9-16(19)17-15-8-4-3-7-14(15)2/h3-4,7-8,13H,5-6,9-12H2,1-2H3,(H,17,19)/t13-/m1/s1. The highest BCUT2D eigenvalue weighted by molar-refractivity contribution is 5.91. The minimum absolute atomic E-state index is 0.118. The number of hydrogen-bond donors (Lipinski definition) is 1. The first-order valence-corrected chi connectivity index (χ1v) is 7.23. The van der Waals surface area contributed by atoms with Crippen LogP contribution in [-0.4, -0.2) is 30.4 Å². The number of rotatable bonds is 4. The Morgan fingerprint density at radius 2 is 2.21 bits per heavy atom. The average molecular weight is 260 g/mol. The molecule has 0 aliphatic carbocycles. The number of anilines is 1. The van der Waals surface area contributed by atoms with E-state index in [0.717, 1.165) is 36.8 Å². The van der Waals surface area contributed by atoms with Crippen molar-refractivity contribution in [3.63, 3.8) is 0 Å². The number of piperidine rings is 1. The number of carbonyl (C=O) groups excluding carboxylic acids is 1. The number of nitrogens with one attached hydrogen (secondary N) is 1. The van der Waals surface area contributed by atoms with Crippen molar-refractivity contribution in [2.24, 2.45) is 5.92 Å². The third-order valence-electron chi connectivity index (χ3n) is 3.82. The van der Waals surface area contributed by atoms with E-state index in [2.05, 4.69) is 17.1 Å². The molecule has 1 fully saturated rings. The van der Waals surface area contributed by atoms with Crippen LogP contribution in [0.25, 0.3) is 0 Å². The number of carbonyl (C=O) groups is 1. The van der Waals surface area contributed by atoms with Crippen LogP contribution in [0.1, 0.15) is 31.7 Å². The van der Waals surface area contributed by atoms with Crippen molar-refractivity contribution in [1.29, 1.82) is 0 Å². The molecule has 0 spiro atoms. The second kappa shape index (κ2) is 6.71. The van der Waals surface area contributed by atoms with Gasteiger partial charge in [-0.3, -0.25) is 4.79 Å². The van der Waals surface area contributed by atoms with Crippen molar-refractivity contribution in [3.8, 4) is 0 Å². The quantitative estimate of drug-likeness (QED) is 0.902. The molecule has 1 aliphatic rings. The van der Waals surface area contributed by atoms with Gasteiger partial charge in [-0.25, -0.2) is 0 Å². The van der Waals surface area contributed by atoms with E-state index in [0.29, 0.717) is 6.42 Å². The maximum absolute atomic E-state index is 12.0. The zero-order chi connectivity index (χ0) is 13.7. The fraction of sp³-hybridized carbons (Fsp3) is 0.562. The molecule has 3 nitrogen and oxygen atoms in total. The van der Waals surface area contributed by atoms with Crippen LogP contribution in [0.15, 0.2) is 24.3 Å². The zero-order valence-electron chi connectivity index (χ0n) is 12.0. The molecule has 1 aromatic carbocycles. The van der Waals surface area contributed by atoms with Gasteiger partial charge in [0.15, 0.2) is 0 Å². The van der Waals surface area contributed by atoms with Gasteiger partial charge in [-0.2, -0.15) is 0 Å². The number of amides is 1. The lowest BCUT2D eigenvalue weighted by molar-refractivity contribution is -0.116. The largest absolute Gasteiger partial charge is 0.326 e. The number of aryl methyl sites for hydroxylation is 1. The van der Waals surface area contributed by atoms with E-state index in [1.165, 1.54) is 12.8 Å². The lowest BCUT2D eigenvalue weighted by Crippen LogP contribution is -2.36. The van der Waals surface area contributed by atoms with Crippen LogP contribution in [0.5, 0.6) is 0 Å². The SMILES string of the molecule is Cc1ccccc1NC(=O)CCN1CCC[C@@H](C)C1. The number of likely N-dealkylation sites (tertiary alicyclic amines) is 1. The molecule has 3 heteroatoms. The second-order valence-corrected chi connectivity index (χ2v) is 5.66. The smallest absolute Gasteiger partial charge is 0.225 e. The van der Waals surface area contributed by atoms with Crippen LogP contribution < -0.4 is 5.32 Å². The van der Waals surface area contributed by atoms with Gasteiger partial charge in [0.25, 0.3) is 0 Å². The number of benzene rings is 1. The van der Waals surface area contributed by atoms with Gasteiger partial charge >= 0.3 is 0 Å². The molecule has 0 aromatic heterocycles. The second-order valence-electron chi connectivity index (χ2n) is 5.66. The summed E-state index contributed by atoms with van der Waals surface area (Å²) in [6.07, 6.45) is 3.17. The maximum atomic E-state index is 12.0. The molecule has 0 radical (unpaired) electrons. The van der Waals surface area contributed by atoms with Crippen LogP contribution in [0, 0.1) is 12.8 Å². The molecule has 1 N–H and O–H groups in total. The molecule has 104 valence electrons. The first-order chi connectivity index (χ1) is 9.15. The summed E-state index contributed by atoms with van der Waals surface area (Å²) >= 11 is 0. The molecule has 0 bridgehead atoms. The molecule has 1 saturated heterocycles. The van der Waals surface area contributed by atoms with Gasteiger partial charge in [-0.1, -0.05) is 25.1 Å². The van der Waals surface area contributed by atoms with E-state index in [1.807, 2.05) is 31.2 Å². The molecule has 2 rings (SSSR count). The van der Waals surface area contributed by atoms with Crippen LogP contribution in [0.3, 0.4) is 0 Å². The van der Waals surface area contributed by atoms with E-state index in [1.54, 1.807) is 0 Å². The molecule has 1 heterocycles. The Balaban J connectivity index is 1.77. The van der Waals surface area contributed by atoms with E-state index in [-0.39, 0.29) is 5.91 Å². The van der Waals surface area contributed by atoms with Gasteiger partial charge in [0, 0.05) is 25.2 Å². The molecule has 1 amide bonds. The molecule has 1 aromatic rings. The summed E-state index contributed by atoms with van der Waals surface area (Å²) in [5.41, 5.74) is 2.04. The minimum atomic E-state index is 0.118. The van der Waals surface area contributed by atoms with Gasteiger partial charge in [-0.15, -0.1) is 0 Å². The van der Waals surface area contributed by atoms with E-state index < -0.39 is 0 Å². The summed E-state index contributed by atoms with van der Waals surface area (Å²) in [4.78, 5) is 14.4. The monoisotopic (exact) mass is 260 g/mol. The van der Waals surface area contributed by atoms with Gasteiger partial charge < -0.3 is 10.2 Å². The molecule has 0 saturated carbocycles. The van der Waals surface area contributed by atoms with Gasteiger partial charge in [0.1, 0.15) is 0 Å². The highest BCUT2D eigenvalue weighted by Gasteiger charge is 2.16. The minimum Gasteiger partial charge on any atom is -0.326 e. The third-order valence-corrected chi connectivity index (χ3v) is 3.82. The van der Waals surface area contributed by atoms with Crippen molar-refractivity contribution < 1.29 is 4.79 Å². The summed E-state index contributed by atoms with van der Waals surface area (Å²) < 4.78 is 0. The molecular formula is C16H24N2O. The van der Waals surface area contributed by atoms with Crippen molar-refractivity contribution in [3.05, 3.63) is 29.8 Å². The van der Waals surface area contributed by atoms with Crippen LogP contribution >= 0.6 is 0 Å². The van der Waals surface area contributed by atoms with Crippen molar-refractivity contribution >= 4 is 11.6 Å². The van der Waals surface area contributed by atoms with E-state index >= 15 is 0 Å². The number of hydrogen-bond acceptors (Lipinski definition) is 2.